The Balaban J connectivity index is 1.72. The van der Waals surface area contributed by atoms with E-state index >= 15 is 0 Å². The first-order valence-corrected chi connectivity index (χ1v) is 8.93. The fourth-order valence-electron chi connectivity index (χ4n) is 3.94. The van der Waals surface area contributed by atoms with Crippen molar-refractivity contribution in [1.82, 2.24) is 29.7 Å². The Hall–Kier alpha value is -3.25. The molecule has 1 atom stereocenters. The van der Waals surface area contributed by atoms with Crippen LogP contribution in [-0.2, 0) is 0 Å². The summed E-state index contributed by atoms with van der Waals surface area (Å²) in [6, 6.07) is 1.40. The molecule has 1 aliphatic carbocycles. The Morgan fingerprint density at radius 2 is 2.22 bits per heavy atom. The number of hydrogen-bond donors (Lipinski definition) is 2. The molecule has 3 aromatic heterocycles. The number of nitrogen functional groups attached to an aromatic ring is 1. The lowest BCUT2D eigenvalue weighted by Crippen LogP contribution is -2.33. The lowest BCUT2D eigenvalue weighted by molar-refractivity contribution is 0.243. The zero-order valence-corrected chi connectivity index (χ0v) is 14.7. The molecule has 3 N–H and O–H groups in total. The summed E-state index contributed by atoms with van der Waals surface area (Å²) in [5.41, 5.74) is 4.11. The molecular formula is C18H20N8O. The maximum Gasteiger partial charge on any atom is 0.341 e. The minimum atomic E-state index is -0.469. The number of nitrogens with one attached hydrogen (secondary N) is 1. The summed E-state index contributed by atoms with van der Waals surface area (Å²) in [5, 5.41) is 5.27. The second kappa shape index (κ2) is 7.17. The molecule has 0 unspecified atom stereocenters. The lowest BCUT2D eigenvalue weighted by Gasteiger charge is -2.18. The smallest absolute Gasteiger partial charge is 0.315 e. The number of hydrazine groups is 1. The van der Waals surface area contributed by atoms with Gasteiger partial charge < -0.3 is 4.85 Å². The monoisotopic (exact) mass is 364 g/mol. The summed E-state index contributed by atoms with van der Waals surface area (Å²) < 4.78 is 3.24. The van der Waals surface area contributed by atoms with Crippen molar-refractivity contribution in [3.8, 4) is 11.3 Å². The van der Waals surface area contributed by atoms with Crippen LogP contribution in [0.5, 0.6) is 0 Å². The molecule has 0 aromatic carbocycles. The molecule has 9 heteroatoms. The van der Waals surface area contributed by atoms with Crippen LogP contribution in [0.15, 0.2) is 31.0 Å². The molecule has 138 valence electrons. The van der Waals surface area contributed by atoms with Crippen molar-refractivity contribution >= 4 is 17.1 Å². The second-order valence-electron chi connectivity index (χ2n) is 6.76. The second-order valence-corrected chi connectivity index (χ2v) is 6.76. The van der Waals surface area contributed by atoms with Crippen LogP contribution in [-0.4, -0.2) is 36.9 Å². The van der Waals surface area contributed by atoms with E-state index in [9.17, 15) is 4.79 Å². The first-order chi connectivity index (χ1) is 13.2. The third-order valence-electron chi connectivity index (χ3n) is 5.26. The number of amides is 1. The summed E-state index contributed by atoms with van der Waals surface area (Å²) in [6.45, 7) is 7.73. The molecule has 1 fully saturated rings. The van der Waals surface area contributed by atoms with Crippen molar-refractivity contribution in [2.24, 2.45) is 11.8 Å². The first kappa shape index (κ1) is 17.2. The van der Waals surface area contributed by atoms with Crippen molar-refractivity contribution in [3.05, 3.63) is 42.4 Å². The highest BCUT2D eigenvalue weighted by atomic mass is 16.2. The maximum absolute atomic E-state index is 11.9. The fourth-order valence-corrected chi connectivity index (χ4v) is 3.94. The number of nitrogens with two attached hydrogens (primary N) is 1. The predicted molar refractivity (Wildman–Crippen MR) is 99.3 cm³/mol. The molecule has 4 rings (SSSR count). The van der Waals surface area contributed by atoms with Crippen LogP contribution in [0.4, 0.5) is 4.79 Å². The lowest BCUT2D eigenvalue weighted by atomic mass is 9.98. The van der Waals surface area contributed by atoms with E-state index < -0.39 is 6.03 Å². The van der Waals surface area contributed by atoms with Gasteiger partial charge in [0.05, 0.1) is 11.9 Å². The molecule has 3 aromatic rings. The van der Waals surface area contributed by atoms with Crippen LogP contribution >= 0.6 is 0 Å². The quantitative estimate of drug-likeness (QED) is 0.320. The van der Waals surface area contributed by atoms with Crippen LogP contribution in [0, 0.1) is 12.5 Å². The Labute approximate surface area is 156 Å². The van der Waals surface area contributed by atoms with E-state index in [-0.39, 0.29) is 6.04 Å². The van der Waals surface area contributed by atoms with Crippen LogP contribution in [0.1, 0.15) is 31.7 Å². The Morgan fingerprint density at radius 1 is 1.41 bits per heavy atom. The fraction of sp³-hybridized carbons (Fsp3) is 0.389. The SMILES string of the molecule is [C-]#[N+]C[C@H](C1CCCC1)n1cc(-c2ncnc3c2ccn3C(=O)NN)cn1. The van der Waals surface area contributed by atoms with Gasteiger partial charge in [-0.1, -0.05) is 12.8 Å². The van der Waals surface area contributed by atoms with Crippen LogP contribution in [0.2, 0.25) is 0 Å². The summed E-state index contributed by atoms with van der Waals surface area (Å²) in [7, 11) is 0. The molecule has 1 saturated carbocycles. The van der Waals surface area contributed by atoms with Gasteiger partial charge in [-0.3, -0.25) is 14.7 Å². The van der Waals surface area contributed by atoms with Crippen LogP contribution in [0.3, 0.4) is 0 Å². The third kappa shape index (κ3) is 3.04. The number of nitrogens with zero attached hydrogens (tertiary/aromatic N) is 6. The summed E-state index contributed by atoms with van der Waals surface area (Å²) in [5.74, 6) is 5.72. The van der Waals surface area contributed by atoms with Crippen LogP contribution in [0.25, 0.3) is 27.1 Å². The topological polar surface area (TPSA) is 108 Å². The van der Waals surface area contributed by atoms with Gasteiger partial charge in [-0.25, -0.2) is 27.2 Å². The van der Waals surface area contributed by atoms with Gasteiger partial charge in [0, 0.05) is 23.3 Å². The molecule has 0 spiro atoms. The number of carbonyl (C=O) groups is 1. The average molecular weight is 364 g/mol. The van der Waals surface area contributed by atoms with E-state index in [0.717, 1.165) is 23.8 Å². The number of aromatic nitrogens is 5. The number of fused-ring (bicyclic) bond motifs is 1. The largest absolute Gasteiger partial charge is 0.341 e. The first-order valence-electron chi connectivity index (χ1n) is 8.93. The number of rotatable bonds is 4. The van der Waals surface area contributed by atoms with E-state index in [4.69, 9.17) is 12.4 Å². The van der Waals surface area contributed by atoms with Crippen molar-refractivity contribution in [2.45, 2.75) is 31.7 Å². The Morgan fingerprint density at radius 3 is 2.96 bits per heavy atom. The maximum atomic E-state index is 11.9. The standard InChI is InChI=1S/C18H20N8O/c1-20-9-15(12-4-2-3-5-12)26-10-13(8-23-26)16-14-6-7-25(18(27)24-19)17(14)22-11-21-16/h6-8,10-12,15H,2-5,9,19H2,(H,24,27)/t15-/m1/s1. The molecular weight excluding hydrogens is 344 g/mol. The summed E-state index contributed by atoms with van der Waals surface area (Å²) >= 11 is 0. The van der Waals surface area contributed by atoms with Gasteiger partial charge in [0.15, 0.2) is 5.65 Å². The van der Waals surface area contributed by atoms with Gasteiger partial charge in [-0.15, -0.1) is 0 Å². The van der Waals surface area contributed by atoms with E-state index in [1.807, 2.05) is 10.9 Å². The van der Waals surface area contributed by atoms with Gasteiger partial charge in [0.1, 0.15) is 12.4 Å². The number of carbonyl (C=O) groups excluding carboxylic acids is 1. The minimum Gasteiger partial charge on any atom is -0.315 e. The summed E-state index contributed by atoms with van der Waals surface area (Å²) in [4.78, 5) is 24.1. The normalized spacial score (nSPS) is 15.7. The highest BCUT2D eigenvalue weighted by molar-refractivity contribution is 5.96. The molecule has 3 heterocycles. The zero-order valence-electron chi connectivity index (χ0n) is 14.7. The molecule has 1 aliphatic rings. The van der Waals surface area contributed by atoms with E-state index in [0.29, 0.717) is 23.8 Å². The molecule has 0 bridgehead atoms. The van der Waals surface area contributed by atoms with Gasteiger partial charge in [-0.05, 0) is 24.8 Å². The van der Waals surface area contributed by atoms with Crippen molar-refractivity contribution in [3.63, 3.8) is 0 Å². The van der Waals surface area contributed by atoms with Crippen molar-refractivity contribution in [1.29, 1.82) is 0 Å². The Bertz CT molecular complexity index is 1010. The van der Waals surface area contributed by atoms with Gasteiger partial charge in [-0.2, -0.15) is 5.10 Å². The molecule has 27 heavy (non-hydrogen) atoms. The van der Waals surface area contributed by atoms with Gasteiger partial charge >= 0.3 is 6.03 Å². The predicted octanol–water partition coefficient (Wildman–Crippen LogP) is 2.38. The highest BCUT2D eigenvalue weighted by Gasteiger charge is 2.29. The molecule has 0 saturated heterocycles. The molecule has 1 amide bonds. The molecule has 0 aliphatic heterocycles. The van der Waals surface area contributed by atoms with Crippen molar-refractivity contribution < 1.29 is 4.79 Å². The minimum absolute atomic E-state index is 0.0868. The average Bonchev–Trinajstić information content (AvgIpc) is 3.45. The highest BCUT2D eigenvalue weighted by Crippen LogP contribution is 2.35. The number of hydrogen-bond acceptors (Lipinski definition) is 5. The Kier molecular flexibility index (Phi) is 4.56. The van der Waals surface area contributed by atoms with Crippen molar-refractivity contribution in [2.75, 3.05) is 6.54 Å². The van der Waals surface area contributed by atoms with Crippen LogP contribution < -0.4 is 11.3 Å². The third-order valence-corrected chi connectivity index (χ3v) is 5.26. The van der Waals surface area contributed by atoms with E-state index in [2.05, 4.69) is 25.3 Å². The molecule has 0 radical (unpaired) electrons. The van der Waals surface area contributed by atoms with Gasteiger partial charge in [0.2, 0.25) is 6.54 Å². The zero-order chi connectivity index (χ0) is 18.8. The molecule has 9 nitrogen and oxygen atoms in total. The van der Waals surface area contributed by atoms with E-state index in [1.165, 1.54) is 23.7 Å². The van der Waals surface area contributed by atoms with E-state index in [1.54, 1.807) is 18.5 Å². The summed E-state index contributed by atoms with van der Waals surface area (Å²) in [6.07, 6.45) is 11.4. The van der Waals surface area contributed by atoms with Gasteiger partial charge in [0.25, 0.3) is 0 Å².